The molecule has 4 rings (SSSR count). The monoisotopic (exact) mass is 558 g/mol. The topological polar surface area (TPSA) is 27.7 Å². The molecule has 1 aromatic heterocycles. The predicted octanol–water partition coefficient (Wildman–Crippen LogP) is 9.92. The Kier molecular flexibility index (Phi) is 11.2. The fourth-order valence-corrected chi connectivity index (χ4v) is 4.87. The average molecular weight is 558 g/mol. The maximum absolute atomic E-state index is 9.75. The highest BCUT2D eigenvalue weighted by molar-refractivity contribution is 7.18. The molecule has 4 aromatic rings. The van der Waals surface area contributed by atoms with E-state index in [0.29, 0.717) is 0 Å². The summed E-state index contributed by atoms with van der Waals surface area (Å²) in [7, 11) is -2.62. The van der Waals surface area contributed by atoms with E-state index in [1.165, 1.54) is 44.8 Å². The molecular weight excluding hydrogens is 527 g/mol. The Morgan fingerprint density at radius 3 is 1.41 bits per heavy atom. The third-order valence-corrected chi connectivity index (χ3v) is 6.89. The van der Waals surface area contributed by atoms with Crippen LogP contribution in [0.15, 0.2) is 84.9 Å². The van der Waals surface area contributed by atoms with E-state index in [0.717, 1.165) is 30.3 Å². The molecule has 0 radical (unpaired) electrons. The van der Waals surface area contributed by atoms with E-state index in [-0.39, 0.29) is 0 Å². The third-order valence-electron chi connectivity index (χ3n) is 5.75. The minimum atomic E-state index is -6.00. The minimum Gasteiger partial charge on any atom is -0.497 e. The second-order valence-electron chi connectivity index (χ2n) is 8.61. The van der Waals surface area contributed by atoms with Crippen LogP contribution in [0, 0.1) is 0 Å². The van der Waals surface area contributed by atoms with Gasteiger partial charge in [0.1, 0.15) is 17.2 Å². The van der Waals surface area contributed by atoms with Gasteiger partial charge >= 0.3 is 7.25 Å². The van der Waals surface area contributed by atoms with Gasteiger partial charge in [-0.1, -0.05) is 31.9 Å². The quantitative estimate of drug-likeness (QED) is 0.0839. The summed E-state index contributed by atoms with van der Waals surface area (Å²) in [5.41, 5.74) is 4.67. The summed E-state index contributed by atoms with van der Waals surface area (Å²) in [5, 5.41) is 0. The molecule has 9 heteroatoms. The van der Waals surface area contributed by atoms with Gasteiger partial charge in [-0.05, 0) is 78.2 Å². The molecule has 1 heterocycles. The lowest BCUT2D eigenvalue weighted by atomic mass is 10.0. The molecule has 0 unspecified atom stereocenters. The van der Waals surface area contributed by atoms with E-state index >= 15 is 0 Å². The Bertz CT molecular complexity index is 1220. The van der Waals surface area contributed by atoms with Crippen LogP contribution in [0.3, 0.4) is 0 Å². The van der Waals surface area contributed by atoms with Crippen LogP contribution in [0.1, 0.15) is 26.2 Å². The summed E-state index contributed by atoms with van der Waals surface area (Å²) < 4.78 is 55.6. The number of methoxy groups -OCH3 is 2. The van der Waals surface area contributed by atoms with Gasteiger partial charge in [-0.2, -0.15) is 0 Å². The van der Waals surface area contributed by atoms with Gasteiger partial charge in [-0.25, -0.2) is 0 Å². The van der Waals surface area contributed by atoms with E-state index in [9.17, 15) is 17.3 Å². The zero-order valence-corrected chi connectivity index (χ0v) is 23.0. The third kappa shape index (κ3) is 9.91. The molecule has 3 nitrogen and oxygen atoms in total. The van der Waals surface area contributed by atoms with Crippen LogP contribution in [0.25, 0.3) is 32.0 Å². The SMILES string of the molecule is CCCCCOc1ccc(-c2cc(-c3ccc(OC)cc3)[s+]c(-c3ccc(OC)cc3)c2)cc1.F[B-](F)(F)F. The van der Waals surface area contributed by atoms with Crippen LogP contribution in [0.5, 0.6) is 17.2 Å². The Morgan fingerprint density at radius 1 is 0.590 bits per heavy atom. The smallest absolute Gasteiger partial charge is 0.497 e. The summed E-state index contributed by atoms with van der Waals surface area (Å²) in [6, 6.07) is 29.4. The minimum absolute atomic E-state index is 0.767. The highest BCUT2D eigenvalue weighted by Crippen LogP contribution is 2.38. The maximum atomic E-state index is 9.75. The van der Waals surface area contributed by atoms with Crippen molar-refractivity contribution >= 4 is 18.6 Å². The first-order valence-electron chi connectivity index (χ1n) is 12.6. The van der Waals surface area contributed by atoms with Crippen molar-refractivity contribution in [2.75, 3.05) is 20.8 Å². The molecule has 0 atom stereocenters. The number of hydrogen-bond donors (Lipinski definition) is 0. The molecule has 0 saturated heterocycles. The van der Waals surface area contributed by atoms with Gasteiger partial charge in [0, 0.05) is 23.3 Å². The van der Waals surface area contributed by atoms with Gasteiger partial charge in [-0.3, -0.25) is 0 Å². The lowest BCUT2D eigenvalue weighted by Gasteiger charge is -2.08. The zero-order chi connectivity index (χ0) is 28.3. The summed E-state index contributed by atoms with van der Waals surface area (Å²) in [4.78, 5) is 2.40. The molecule has 0 bridgehead atoms. The van der Waals surface area contributed by atoms with Crippen molar-refractivity contribution in [3.8, 4) is 49.3 Å². The molecule has 0 fully saturated rings. The number of unbranched alkanes of at least 4 members (excludes halogenated alkanes) is 2. The number of halogens is 4. The van der Waals surface area contributed by atoms with Crippen molar-refractivity contribution in [1.82, 2.24) is 0 Å². The fourth-order valence-electron chi connectivity index (χ4n) is 3.75. The van der Waals surface area contributed by atoms with Gasteiger partial charge in [0.25, 0.3) is 0 Å². The van der Waals surface area contributed by atoms with Crippen molar-refractivity contribution in [2.45, 2.75) is 26.2 Å². The lowest BCUT2D eigenvalue weighted by Crippen LogP contribution is -2.02. The molecule has 0 aliphatic heterocycles. The second-order valence-corrected chi connectivity index (χ2v) is 9.69. The van der Waals surface area contributed by atoms with Crippen molar-refractivity contribution in [1.29, 1.82) is 0 Å². The first-order chi connectivity index (χ1) is 18.7. The van der Waals surface area contributed by atoms with E-state index in [1.54, 1.807) is 25.6 Å². The second kappa shape index (κ2) is 14.5. The molecule has 3 aromatic carbocycles. The molecule has 0 N–H and O–H groups in total. The molecule has 0 spiro atoms. The number of benzene rings is 3. The van der Waals surface area contributed by atoms with E-state index in [2.05, 4.69) is 67.6 Å². The van der Waals surface area contributed by atoms with Crippen molar-refractivity contribution < 1.29 is 31.5 Å². The maximum Gasteiger partial charge on any atom is 0.673 e. The molecule has 39 heavy (non-hydrogen) atoms. The number of ether oxygens (including phenoxy) is 3. The summed E-state index contributed by atoms with van der Waals surface area (Å²) in [6.45, 7) is 2.97. The lowest BCUT2D eigenvalue weighted by molar-refractivity contribution is 0.306. The summed E-state index contributed by atoms with van der Waals surface area (Å²) in [5.74, 6) is 2.63. The van der Waals surface area contributed by atoms with Crippen LogP contribution in [-0.2, 0) is 0 Å². The predicted molar refractivity (Wildman–Crippen MR) is 153 cm³/mol. The van der Waals surface area contributed by atoms with Gasteiger partial charge in [0.05, 0.1) is 20.8 Å². The van der Waals surface area contributed by atoms with Crippen LogP contribution in [-0.4, -0.2) is 28.1 Å². The van der Waals surface area contributed by atoms with E-state index in [4.69, 9.17) is 14.2 Å². The van der Waals surface area contributed by atoms with Crippen molar-refractivity contribution in [3.63, 3.8) is 0 Å². The van der Waals surface area contributed by atoms with Crippen molar-refractivity contribution in [2.24, 2.45) is 0 Å². The summed E-state index contributed by atoms with van der Waals surface area (Å²) in [6.07, 6.45) is 3.49. The number of rotatable bonds is 10. The average Bonchev–Trinajstić information content (AvgIpc) is 2.94. The van der Waals surface area contributed by atoms with Crippen LogP contribution in [0.2, 0.25) is 0 Å². The molecule has 0 aliphatic rings. The molecule has 0 saturated carbocycles. The Morgan fingerprint density at radius 2 is 1.00 bits per heavy atom. The largest absolute Gasteiger partial charge is 0.673 e. The Labute approximate surface area is 231 Å². The molecule has 0 aliphatic carbocycles. The van der Waals surface area contributed by atoms with Gasteiger partial charge in [-0.15, -0.1) is 0 Å². The molecule has 0 amide bonds. The van der Waals surface area contributed by atoms with Crippen molar-refractivity contribution in [3.05, 3.63) is 84.9 Å². The first kappa shape index (κ1) is 30.0. The number of hydrogen-bond acceptors (Lipinski definition) is 3. The highest BCUT2D eigenvalue weighted by Gasteiger charge is 2.21. The van der Waals surface area contributed by atoms with E-state index in [1.807, 2.05) is 24.3 Å². The Hall–Kier alpha value is -3.59. The van der Waals surface area contributed by atoms with E-state index < -0.39 is 7.25 Å². The Balaban J connectivity index is 0.000000771. The summed E-state index contributed by atoms with van der Waals surface area (Å²) >= 11 is 1.78. The molecule has 206 valence electrons. The highest BCUT2D eigenvalue weighted by atomic mass is 32.1. The zero-order valence-electron chi connectivity index (χ0n) is 22.1. The fraction of sp³-hybridized carbons (Fsp3) is 0.233. The molecular formula is C30H31BF4O3S. The van der Waals surface area contributed by atoms with Crippen LogP contribution in [0.4, 0.5) is 17.3 Å². The van der Waals surface area contributed by atoms with Gasteiger partial charge in [0.2, 0.25) is 21.1 Å². The van der Waals surface area contributed by atoms with Crippen LogP contribution < -0.4 is 14.2 Å². The first-order valence-corrected chi connectivity index (χ1v) is 13.4. The van der Waals surface area contributed by atoms with Gasteiger partial charge in [0.15, 0.2) is 0 Å². The van der Waals surface area contributed by atoms with Crippen LogP contribution >= 0.6 is 11.3 Å². The van der Waals surface area contributed by atoms with Gasteiger partial charge < -0.3 is 31.5 Å². The normalized spacial score (nSPS) is 10.8. The standard InChI is InChI=1S/C30H31O3S.BF4/c1-4-5-6-19-33-28-17-7-22(8-18-28)25-20-29(23-9-13-26(31-2)14-10-23)34-30(21-25)24-11-15-27(32-3)16-12-24;2-1(3,4)5/h7-18,20-21H,4-6,19H2,1-3H3;/q+1;-1.